The summed E-state index contributed by atoms with van der Waals surface area (Å²) in [6.07, 6.45) is 0. The van der Waals surface area contributed by atoms with Crippen molar-refractivity contribution in [2.45, 2.75) is 6.92 Å². The van der Waals surface area contributed by atoms with Crippen molar-refractivity contribution in [3.63, 3.8) is 0 Å². The van der Waals surface area contributed by atoms with Crippen molar-refractivity contribution in [3.8, 4) is 0 Å². The maximum atomic E-state index is 10.8. The Balaban J connectivity index is 0.000000292. The van der Waals surface area contributed by atoms with Gasteiger partial charge >= 0.3 is 11.9 Å². The molecule has 17 heavy (non-hydrogen) atoms. The standard InChI is InChI=1S/C6H11NO2.C4H7NO2.ClH/c1-2-9-6(8)5-3-7-4-5;6-4(7)3-1-5-2-3;/h5,7H,2-4H2,1H3;3,5H,1-2H2,(H,6,7);1H. The van der Waals surface area contributed by atoms with Gasteiger partial charge in [-0.1, -0.05) is 0 Å². The highest BCUT2D eigenvalue weighted by Crippen LogP contribution is 2.04. The summed E-state index contributed by atoms with van der Waals surface area (Å²) in [5.74, 6) is -0.722. The van der Waals surface area contributed by atoms with E-state index in [-0.39, 0.29) is 30.2 Å². The summed E-state index contributed by atoms with van der Waals surface area (Å²) in [6, 6.07) is 0. The number of carbonyl (C=O) groups is 2. The summed E-state index contributed by atoms with van der Waals surface area (Å²) in [6.45, 7) is 5.20. The maximum absolute atomic E-state index is 10.8. The van der Waals surface area contributed by atoms with Crippen LogP contribution in [0.5, 0.6) is 0 Å². The number of aliphatic carboxylic acids is 1. The van der Waals surface area contributed by atoms with Crippen molar-refractivity contribution in [2.24, 2.45) is 11.8 Å². The lowest BCUT2D eigenvalue weighted by atomic mass is 10.0. The second-order valence-electron chi connectivity index (χ2n) is 3.80. The van der Waals surface area contributed by atoms with E-state index in [0.29, 0.717) is 19.7 Å². The Bertz CT molecular complexity index is 255. The van der Waals surface area contributed by atoms with Gasteiger partial charge in [0.2, 0.25) is 0 Å². The Morgan fingerprint density at radius 1 is 1.18 bits per heavy atom. The number of hydrogen-bond donors (Lipinski definition) is 3. The zero-order chi connectivity index (χ0) is 12.0. The van der Waals surface area contributed by atoms with Crippen molar-refractivity contribution in [3.05, 3.63) is 0 Å². The lowest BCUT2D eigenvalue weighted by molar-refractivity contribution is -0.149. The summed E-state index contributed by atoms with van der Waals surface area (Å²) in [5.41, 5.74) is 0. The average molecular weight is 267 g/mol. The Labute approximate surface area is 107 Å². The third-order valence-corrected chi connectivity index (χ3v) is 2.53. The lowest BCUT2D eigenvalue weighted by Crippen LogP contribution is -2.47. The predicted molar refractivity (Wildman–Crippen MR) is 64.2 cm³/mol. The first kappa shape index (κ1) is 16.1. The Kier molecular flexibility index (Phi) is 7.86. The van der Waals surface area contributed by atoms with Crippen molar-refractivity contribution < 1.29 is 19.4 Å². The van der Waals surface area contributed by atoms with Gasteiger partial charge in [0.05, 0.1) is 18.4 Å². The molecular weight excluding hydrogens is 248 g/mol. The van der Waals surface area contributed by atoms with E-state index in [4.69, 9.17) is 9.84 Å². The van der Waals surface area contributed by atoms with Gasteiger partial charge in [-0.25, -0.2) is 0 Å². The van der Waals surface area contributed by atoms with Crippen LogP contribution >= 0.6 is 12.4 Å². The smallest absolute Gasteiger partial charge is 0.311 e. The molecule has 0 unspecified atom stereocenters. The molecule has 0 bridgehead atoms. The SMILES string of the molecule is CCOC(=O)C1CNC1.Cl.O=C(O)C1CNC1. The molecule has 2 rings (SSSR count). The van der Waals surface area contributed by atoms with Crippen molar-refractivity contribution in [1.29, 1.82) is 0 Å². The van der Waals surface area contributed by atoms with E-state index in [1.807, 2.05) is 6.92 Å². The highest BCUT2D eigenvalue weighted by molar-refractivity contribution is 5.85. The highest BCUT2D eigenvalue weighted by Gasteiger charge is 2.25. The van der Waals surface area contributed by atoms with Crippen LogP contribution in [0.25, 0.3) is 0 Å². The van der Waals surface area contributed by atoms with Gasteiger partial charge in [-0.2, -0.15) is 0 Å². The minimum absolute atomic E-state index is 0. The Morgan fingerprint density at radius 3 is 1.82 bits per heavy atom. The first-order valence-corrected chi connectivity index (χ1v) is 5.46. The van der Waals surface area contributed by atoms with Crippen LogP contribution in [-0.2, 0) is 14.3 Å². The minimum Gasteiger partial charge on any atom is -0.481 e. The van der Waals surface area contributed by atoms with Crippen LogP contribution in [0, 0.1) is 11.8 Å². The summed E-state index contributed by atoms with van der Waals surface area (Å²) in [4.78, 5) is 20.7. The number of esters is 1. The van der Waals surface area contributed by atoms with E-state index in [2.05, 4.69) is 10.6 Å². The van der Waals surface area contributed by atoms with Gasteiger partial charge in [-0.15, -0.1) is 12.4 Å². The molecule has 6 nitrogen and oxygen atoms in total. The molecule has 2 heterocycles. The molecule has 3 N–H and O–H groups in total. The second-order valence-corrected chi connectivity index (χ2v) is 3.80. The van der Waals surface area contributed by atoms with Crippen LogP contribution < -0.4 is 10.6 Å². The van der Waals surface area contributed by atoms with Crippen LogP contribution in [0.2, 0.25) is 0 Å². The maximum Gasteiger partial charge on any atom is 0.311 e. The normalized spacial score (nSPS) is 18.6. The molecule has 2 fully saturated rings. The number of carboxylic acids is 1. The molecule has 7 heteroatoms. The number of rotatable bonds is 3. The fourth-order valence-corrected chi connectivity index (χ4v) is 1.18. The van der Waals surface area contributed by atoms with E-state index in [1.165, 1.54) is 0 Å². The molecule has 0 spiro atoms. The van der Waals surface area contributed by atoms with E-state index in [9.17, 15) is 9.59 Å². The van der Waals surface area contributed by atoms with E-state index in [0.717, 1.165) is 13.1 Å². The molecule has 0 amide bonds. The Hall–Kier alpha value is -0.850. The Morgan fingerprint density at radius 2 is 1.65 bits per heavy atom. The number of hydrogen-bond acceptors (Lipinski definition) is 5. The predicted octanol–water partition coefficient (Wildman–Crippen LogP) is -0.519. The van der Waals surface area contributed by atoms with E-state index < -0.39 is 5.97 Å². The summed E-state index contributed by atoms with van der Waals surface area (Å²) < 4.78 is 4.77. The minimum atomic E-state index is -0.682. The molecule has 2 aliphatic heterocycles. The molecule has 0 atom stereocenters. The number of ether oxygens (including phenoxy) is 1. The molecule has 2 aliphatic rings. The molecule has 0 radical (unpaired) electrons. The molecule has 0 aromatic heterocycles. The lowest BCUT2D eigenvalue weighted by Gasteiger charge is -2.24. The number of carboxylic acid groups (broad SMARTS) is 1. The zero-order valence-corrected chi connectivity index (χ0v) is 10.6. The first-order valence-electron chi connectivity index (χ1n) is 5.46. The number of nitrogens with one attached hydrogen (secondary N) is 2. The molecule has 0 aliphatic carbocycles. The van der Waals surface area contributed by atoms with Crippen LogP contribution in [-0.4, -0.2) is 49.8 Å². The van der Waals surface area contributed by atoms with Crippen molar-refractivity contribution >= 4 is 24.3 Å². The third-order valence-electron chi connectivity index (χ3n) is 2.53. The van der Waals surface area contributed by atoms with Crippen LogP contribution in [0.4, 0.5) is 0 Å². The van der Waals surface area contributed by atoms with Crippen molar-refractivity contribution in [1.82, 2.24) is 10.6 Å². The summed E-state index contributed by atoms with van der Waals surface area (Å²) in [5, 5.41) is 14.1. The van der Waals surface area contributed by atoms with Gasteiger partial charge in [0.1, 0.15) is 0 Å². The van der Waals surface area contributed by atoms with Gasteiger partial charge in [-0.05, 0) is 6.92 Å². The van der Waals surface area contributed by atoms with Crippen LogP contribution in [0.3, 0.4) is 0 Å². The second kappa shape index (κ2) is 8.27. The molecule has 2 saturated heterocycles. The third kappa shape index (κ3) is 5.34. The fraction of sp³-hybridized carbons (Fsp3) is 0.800. The number of halogens is 1. The monoisotopic (exact) mass is 266 g/mol. The van der Waals surface area contributed by atoms with Gasteiger partial charge in [0.15, 0.2) is 0 Å². The van der Waals surface area contributed by atoms with Crippen molar-refractivity contribution in [2.75, 3.05) is 32.8 Å². The van der Waals surface area contributed by atoms with Crippen LogP contribution in [0.15, 0.2) is 0 Å². The topological polar surface area (TPSA) is 87.7 Å². The van der Waals surface area contributed by atoms with E-state index in [1.54, 1.807) is 0 Å². The first-order chi connectivity index (χ1) is 7.65. The van der Waals surface area contributed by atoms with Gasteiger partial charge in [0, 0.05) is 26.2 Å². The quantitative estimate of drug-likeness (QED) is 0.596. The average Bonchev–Trinajstić information content (AvgIpc) is 1.96. The molecule has 0 saturated carbocycles. The van der Waals surface area contributed by atoms with Gasteiger partial charge < -0.3 is 20.5 Å². The largest absolute Gasteiger partial charge is 0.481 e. The molecule has 100 valence electrons. The van der Waals surface area contributed by atoms with E-state index >= 15 is 0 Å². The molecule has 0 aromatic rings. The van der Waals surface area contributed by atoms with Gasteiger partial charge in [0.25, 0.3) is 0 Å². The highest BCUT2D eigenvalue weighted by atomic mass is 35.5. The van der Waals surface area contributed by atoms with Gasteiger partial charge in [-0.3, -0.25) is 9.59 Å². The number of carbonyl (C=O) groups excluding carboxylic acids is 1. The van der Waals surface area contributed by atoms with Crippen LogP contribution in [0.1, 0.15) is 6.92 Å². The molecular formula is C10H19ClN2O4. The zero-order valence-electron chi connectivity index (χ0n) is 9.77. The fourth-order valence-electron chi connectivity index (χ4n) is 1.18. The summed E-state index contributed by atoms with van der Waals surface area (Å²) in [7, 11) is 0. The molecule has 0 aromatic carbocycles. The summed E-state index contributed by atoms with van der Waals surface area (Å²) >= 11 is 0.